The summed E-state index contributed by atoms with van der Waals surface area (Å²) in [7, 11) is 0. The van der Waals surface area contributed by atoms with E-state index < -0.39 is 0 Å². The fraction of sp³-hybridized carbons (Fsp3) is 0.550. The van der Waals surface area contributed by atoms with Crippen LogP contribution in [-0.4, -0.2) is 55.5 Å². The van der Waals surface area contributed by atoms with Gasteiger partial charge in [0.15, 0.2) is 5.96 Å². The Morgan fingerprint density at radius 2 is 2.25 bits per heavy atom. The highest BCUT2D eigenvalue weighted by molar-refractivity contribution is 14.0. The quantitative estimate of drug-likeness (QED) is 0.253. The molecule has 1 aliphatic heterocycles. The first-order valence-corrected chi connectivity index (χ1v) is 9.62. The van der Waals surface area contributed by atoms with Crippen molar-refractivity contribution in [2.75, 3.05) is 39.5 Å². The molecule has 3 rings (SSSR count). The number of aromatic nitrogens is 1. The maximum atomic E-state index is 13.5. The summed E-state index contributed by atoms with van der Waals surface area (Å²) in [6.07, 6.45) is 4.33. The van der Waals surface area contributed by atoms with Gasteiger partial charge in [0.05, 0.1) is 13.2 Å². The van der Waals surface area contributed by atoms with E-state index in [2.05, 4.69) is 15.6 Å². The number of aliphatic hydroxyl groups excluding tert-OH is 1. The van der Waals surface area contributed by atoms with Crippen LogP contribution in [0.5, 0.6) is 0 Å². The van der Waals surface area contributed by atoms with Crippen molar-refractivity contribution in [2.45, 2.75) is 26.2 Å². The number of halogens is 2. The summed E-state index contributed by atoms with van der Waals surface area (Å²) in [5, 5.41) is 16.9. The van der Waals surface area contributed by atoms with Crippen LogP contribution >= 0.6 is 24.0 Å². The van der Waals surface area contributed by atoms with Crippen molar-refractivity contribution in [1.29, 1.82) is 0 Å². The molecule has 0 radical (unpaired) electrons. The lowest BCUT2D eigenvalue weighted by Gasteiger charge is -2.24. The first kappa shape index (κ1) is 22.9. The largest absolute Gasteiger partial charge is 0.396 e. The van der Waals surface area contributed by atoms with Gasteiger partial charge in [-0.1, -0.05) is 0 Å². The van der Waals surface area contributed by atoms with Crippen LogP contribution in [0.4, 0.5) is 4.39 Å². The van der Waals surface area contributed by atoms with Crippen molar-refractivity contribution in [2.24, 2.45) is 10.4 Å². The number of hydrogen-bond donors (Lipinski definition) is 4. The van der Waals surface area contributed by atoms with Crippen LogP contribution in [0.15, 0.2) is 29.4 Å². The van der Waals surface area contributed by atoms with Gasteiger partial charge in [0.25, 0.3) is 0 Å². The van der Waals surface area contributed by atoms with Crippen LogP contribution in [0.3, 0.4) is 0 Å². The number of aromatic amines is 1. The van der Waals surface area contributed by atoms with Gasteiger partial charge in [-0.2, -0.15) is 0 Å². The second kappa shape index (κ2) is 11.0. The molecule has 0 aliphatic carbocycles. The Hall–Kier alpha value is -1.39. The molecule has 4 N–H and O–H groups in total. The van der Waals surface area contributed by atoms with Gasteiger partial charge in [0.2, 0.25) is 0 Å². The number of fused-ring (bicyclic) bond motifs is 1. The molecule has 1 aromatic heterocycles. The van der Waals surface area contributed by atoms with Crippen molar-refractivity contribution >= 4 is 40.8 Å². The molecule has 0 spiro atoms. The van der Waals surface area contributed by atoms with Crippen LogP contribution in [0.25, 0.3) is 10.9 Å². The van der Waals surface area contributed by atoms with E-state index >= 15 is 0 Å². The molecule has 1 saturated heterocycles. The van der Waals surface area contributed by atoms with Crippen molar-refractivity contribution in [3.05, 3.63) is 35.8 Å². The van der Waals surface area contributed by atoms with Crippen LogP contribution in [-0.2, 0) is 11.2 Å². The summed E-state index contributed by atoms with van der Waals surface area (Å²) >= 11 is 0. The lowest BCUT2D eigenvalue weighted by molar-refractivity contribution is 0.131. The molecule has 0 bridgehead atoms. The van der Waals surface area contributed by atoms with Gasteiger partial charge in [-0.25, -0.2) is 4.39 Å². The average Bonchev–Trinajstić information content (AvgIpc) is 3.28. The third kappa shape index (κ3) is 5.81. The van der Waals surface area contributed by atoms with Gasteiger partial charge in [0.1, 0.15) is 5.82 Å². The third-order valence-corrected chi connectivity index (χ3v) is 5.16. The third-order valence-electron chi connectivity index (χ3n) is 5.16. The normalized spacial score (nSPS) is 19.6. The Balaban J connectivity index is 0.00000280. The smallest absolute Gasteiger partial charge is 0.191 e. The molecule has 1 atom stereocenters. The minimum atomic E-state index is -0.223. The molecule has 1 fully saturated rings. The zero-order valence-corrected chi connectivity index (χ0v) is 18.6. The highest BCUT2D eigenvalue weighted by atomic mass is 127. The van der Waals surface area contributed by atoms with E-state index in [4.69, 9.17) is 9.73 Å². The molecule has 2 aromatic rings. The number of nitrogens with one attached hydrogen (secondary N) is 3. The van der Waals surface area contributed by atoms with Gasteiger partial charge >= 0.3 is 0 Å². The number of H-pyrrole nitrogens is 1. The fourth-order valence-corrected chi connectivity index (χ4v) is 3.55. The maximum Gasteiger partial charge on any atom is 0.191 e. The van der Waals surface area contributed by atoms with Crippen LogP contribution in [0, 0.1) is 11.2 Å². The van der Waals surface area contributed by atoms with Crippen molar-refractivity contribution in [3.8, 4) is 0 Å². The van der Waals surface area contributed by atoms with Crippen molar-refractivity contribution < 1.29 is 14.2 Å². The number of rotatable bonds is 8. The Bertz CT molecular complexity index is 775. The number of aliphatic hydroxyl groups is 1. The lowest BCUT2D eigenvalue weighted by atomic mass is 9.84. The van der Waals surface area contributed by atoms with E-state index in [9.17, 15) is 9.50 Å². The number of ether oxygens (including phenoxy) is 1. The highest BCUT2D eigenvalue weighted by Gasteiger charge is 2.34. The number of benzene rings is 1. The van der Waals surface area contributed by atoms with Gasteiger partial charge < -0.3 is 25.5 Å². The molecule has 1 unspecified atom stereocenters. The van der Waals surface area contributed by atoms with E-state index in [0.29, 0.717) is 26.1 Å². The first-order chi connectivity index (χ1) is 13.2. The van der Waals surface area contributed by atoms with E-state index in [1.165, 1.54) is 6.07 Å². The van der Waals surface area contributed by atoms with Gasteiger partial charge in [-0.05, 0) is 49.9 Å². The van der Waals surface area contributed by atoms with E-state index in [-0.39, 0.29) is 41.8 Å². The van der Waals surface area contributed by atoms with Crippen molar-refractivity contribution in [1.82, 2.24) is 15.6 Å². The predicted octanol–water partition coefficient (Wildman–Crippen LogP) is 2.81. The minimum absolute atomic E-state index is 0. The van der Waals surface area contributed by atoms with Crippen LogP contribution in [0.1, 0.15) is 25.3 Å². The monoisotopic (exact) mass is 504 g/mol. The maximum absolute atomic E-state index is 13.5. The molecule has 28 heavy (non-hydrogen) atoms. The van der Waals surface area contributed by atoms with Crippen LogP contribution < -0.4 is 10.6 Å². The van der Waals surface area contributed by atoms with Crippen molar-refractivity contribution in [3.63, 3.8) is 0 Å². The van der Waals surface area contributed by atoms with Gasteiger partial charge in [0, 0.05) is 48.8 Å². The second-order valence-corrected chi connectivity index (χ2v) is 7.15. The molecule has 1 aromatic carbocycles. The predicted molar refractivity (Wildman–Crippen MR) is 121 cm³/mol. The van der Waals surface area contributed by atoms with Gasteiger partial charge in [-0.15, -0.1) is 24.0 Å². The van der Waals surface area contributed by atoms with E-state index in [0.717, 1.165) is 48.4 Å². The van der Waals surface area contributed by atoms with Crippen LogP contribution in [0.2, 0.25) is 0 Å². The highest BCUT2D eigenvalue weighted by Crippen LogP contribution is 2.32. The zero-order chi connectivity index (χ0) is 19.1. The average molecular weight is 504 g/mol. The summed E-state index contributed by atoms with van der Waals surface area (Å²) in [6.45, 7) is 5.66. The molecule has 0 saturated carbocycles. The molecule has 2 heterocycles. The second-order valence-electron chi connectivity index (χ2n) is 7.15. The Kier molecular flexibility index (Phi) is 8.97. The number of aliphatic imine (C=N–C) groups is 1. The number of nitrogens with zero attached hydrogens (tertiary/aromatic N) is 1. The molecule has 0 amide bonds. The lowest BCUT2D eigenvalue weighted by Crippen LogP contribution is -2.39. The molecule has 156 valence electrons. The summed E-state index contributed by atoms with van der Waals surface area (Å²) in [5.74, 6) is 0.534. The SMILES string of the molecule is CCNC(=NCC1(CCO)CCOC1)NCCc1c[nH]c2ccc(F)cc12.I. The summed E-state index contributed by atoms with van der Waals surface area (Å²) in [6, 6.07) is 4.79. The summed E-state index contributed by atoms with van der Waals surface area (Å²) in [5.41, 5.74) is 1.96. The number of hydrogen-bond acceptors (Lipinski definition) is 3. The Morgan fingerprint density at radius 1 is 1.39 bits per heavy atom. The zero-order valence-electron chi connectivity index (χ0n) is 16.3. The minimum Gasteiger partial charge on any atom is -0.396 e. The fourth-order valence-electron chi connectivity index (χ4n) is 3.55. The Morgan fingerprint density at radius 3 is 2.96 bits per heavy atom. The molecule has 1 aliphatic rings. The molecular weight excluding hydrogens is 474 g/mol. The van der Waals surface area contributed by atoms with E-state index in [1.54, 1.807) is 12.1 Å². The summed E-state index contributed by atoms with van der Waals surface area (Å²) < 4.78 is 19.0. The standard InChI is InChI=1S/C20H29FN4O2.HI/c1-2-22-19(25-13-20(6-9-26)7-10-27-14-20)23-8-5-15-12-24-18-4-3-16(21)11-17(15)18;/h3-4,11-12,24,26H,2,5-10,13-14H2,1H3,(H2,22,23,25);1H. The number of guanidine groups is 1. The van der Waals surface area contributed by atoms with E-state index in [1.807, 2.05) is 13.1 Å². The molecule has 6 nitrogen and oxygen atoms in total. The van der Waals surface area contributed by atoms with Gasteiger partial charge in [-0.3, -0.25) is 4.99 Å². The molecule has 8 heteroatoms. The first-order valence-electron chi connectivity index (χ1n) is 9.62. The summed E-state index contributed by atoms with van der Waals surface area (Å²) in [4.78, 5) is 7.90. The molecular formula is C20H30FIN4O2. The Labute approximate surface area is 182 Å². The topological polar surface area (TPSA) is 81.7 Å².